The van der Waals surface area contributed by atoms with Gasteiger partial charge in [-0.3, -0.25) is 4.79 Å². The lowest BCUT2D eigenvalue weighted by Crippen LogP contribution is -2.40. The molecule has 0 saturated heterocycles. The predicted octanol–water partition coefficient (Wildman–Crippen LogP) is 2.03. The van der Waals surface area contributed by atoms with E-state index in [-0.39, 0.29) is 23.7 Å². The summed E-state index contributed by atoms with van der Waals surface area (Å²) in [6.45, 7) is 7.36. The van der Waals surface area contributed by atoms with Crippen molar-refractivity contribution in [3.63, 3.8) is 0 Å². The maximum atomic E-state index is 11.4. The van der Waals surface area contributed by atoms with Gasteiger partial charge in [0.2, 0.25) is 5.91 Å². The number of hydrogen-bond donors (Lipinski definition) is 2. The minimum atomic E-state index is -0.0445. The molecule has 2 N–H and O–H groups in total. The Hall–Kier alpha value is -1.06. The molecule has 4 heteroatoms. The Morgan fingerprint density at radius 3 is 2.28 bits per heavy atom. The summed E-state index contributed by atoms with van der Waals surface area (Å²) in [6.07, 6.45) is 0. The van der Waals surface area contributed by atoms with Crippen LogP contribution in [0, 0.1) is 6.92 Å². The summed E-state index contributed by atoms with van der Waals surface area (Å²) >= 11 is 0. The van der Waals surface area contributed by atoms with Crippen LogP contribution in [0.3, 0.4) is 0 Å². The van der Waals surface area contributed by atoms with Crippen molar-refractivity contribution in [1.29, 1.82) is 0 Å². The van der Waals surface area contributed by atoms with Crippen LogP contribution in [-0.2, 0) is 10.2 Å². The average molecular weight is 271 g/mol. The minimum absolute atomic E-state index is 0. The predicted molar refractivity (Wildman–Crippen MR) is 78.4 cm³/mol. The minimum Gasteiger partial charge on any atom is -0.354 e. The number of nitrogens with one attached hydrogen (secondary N) is 2. The standard InChI is InChI=1S/C14H22N2O.ClH/c1-11-5-7-12(8-6-11)14(2,3)10-16-13(17)9-15-4;/h5-8,15H,9-10H2,1-4H3,(H,16,17);1H. The summed E-state index contributed by atoms with van der Waals surface area (Å²) in [4.78, 5) is 11.4. The summed E-state index contributed by atoms with van der Waals surface area (Å²) in [7, 11) is 1.77. The molecule has 0 aromatic heterocycles. The fourth-order valence-electron chi connectivity index (χ4n) is 1.65. The Morgan fingerprint density at radius 2 is 1.78 bits per heavy atom. The molecule has 0 aliphatic heterocycles. The molecule has 1 rings (SSSR count). The molecule has 0 bridgehead atoms. The van der Waals surface area contributed by atoms with Crippen molar-refractivity contribution in [3.05, 3.63) is 35.4 Å². The van der Waals surface area contributed by atoms with Crippen molar-refractivity contribution in [2.24, 2.45) is 0 Å². The van der Waals surface area contributed by atoms with Crippen molar-refractivity contribution in [1.82, 2.24) is 10.6 Å². The maximum Gasteiger partial charge on any atom is 0.233 e. The van der Waals surface area contributed by atoms with Gasteiger partial charge in [0.15, 0.2) is 0 Å². The van der Waals surface area contributed by atoms with Crippen LogP contribution in [-0.4, -0.2) is 26.0 Å². The molecule has 0 fully saturated rings. The second kappa shape index (κ2) is 7.39. The van der Waals surface area contributed by atoms with Gasteiger partial charge >= 0.3 is 0 Å². The largest absolute Gasteiger partial charge is 0.354 e. The van der Waals surface area contributed by atoms with E-state index in [4.69, 9.17) is 0 Å². The Kier molecular flexibility index (Phi) is 6.96. The van der Waals surface area contributed by atoms with E-state index in [1.165, 1.54) is 11.1 Å². The molecule has 0 spiro atoms. The van der Waals surface area contributed by atoms with Gasteiger partial charge in [0.25, 0.3) is 0 Å². The van der Waals surface area contributed by atoms with E-state index >= 15 is 0 Å². The van der Waals surface area contributed by atoms with E-state index in [1.54, 1.807) is 7.05 Å². The number of carbonyl (C=O) groups excluding carboxylic acids is 1. The van der Waals surface area contributed by atoms with E-state index in [2.05, 4.69) is 55.7 Å². The van der Waals surface area contributed by atoms with Crippen molar-refractivity contribution >= 4 is 18.3 Å². The Labute approximate surface area is 116 Å². The van der Waals surface area contributed by atoms with Gasteiger partial charge in [-0.25, -0.2) is 0 Å². The van der Waals surface area contributed by atoms with Gasteiger partial charge in [-0.1, -0.05) is 43.7 Å². The van der Waals surface area contributed by atoms with Gasteiger partial charge in [0, 0.05) is 12.0 Å². The lowest BCUT2D eigenvalue weighted by atomic mass is 9.84. The molecule has 1 aromatic carbocycles. The summed E-state index contributed by atoms with van der Waals surface area (Å²) in [5, 5.41) is 5.77. The number of aryl methyl sites for hydroxylation is 1. The zero-order valence-electron chi connectivity index (χ0n) is 11.5. The van der Waals surface area contributed by atoms with Crippen LogP contribution in [0.15, 0.2) is 24.3 Å². The summed E-state index contributed by atoms with van der Waals surface area (Å²) in [5.74, 6) is 0.0349. The summed E-state index contributed by atoms with van der Waals surface area (Å²) in [5.41, 5.74) is 2.45. The number of carbonyl (C=O) groups is 1. The highest BCUT2D eigenvalue weighted by Gasteiger charge is 2.20. The summed E-state index contributed by atoms with van der Waals surface area (Å²) < 4.78 is 0. The van der Waals surface area contributed by atoms with Crippen LogP contribution in [0.25, 0.3) is 0 Å². The van der Waals surface area contributed by atoms with Crippen LogP contribution in [0.5, 0.6) is 0 Å². The number of halogens is 1. The molecule has 0 aliphatic rings. The smallest absolute Gasteiger partial charge is 0.233 e. The molecule has 3 nitrogen and oxygen atoms in total. The van der Waals surface area contributed by atoms with E-state index in [0.717, 1.165) is 0 Å². The van der Waals surface area contributed by atoms with Crippen molar-refractivity contribution in [2.75, 3.05) is 20.1 Å². The maximum absolute atomic E-state index is 11.4. The fraction of sp³-hybridized carbons (Fsp3) is 0.500. The lowest BCUT2D eigenvalue weighted by Gasteiger charge is -2.25. The second-order valence-electron chi connectivity index (χ2n) is 5.06. The van der Waals surface area contributed by atoms with Gasteiger partial charge < -0.3 is 10.6 Å². The van der Waals surface area contributed by atoms with Gasteiger partial charge in [0.1, 0.15) is 0 Å². The molecule has 0 atom stereocenters. The molecule has 0 saturated carbocycles. The molecule has 0 heterocycles. The first-order valence-electron chi connectivity index (χ1n) is 5.94. The first-order valence-corrected chi connectivity index (χ1v) is 5.94. The Morgan fingerprint density at radius 1 is 1.22 bits per heavy atom. The quantitative estimate of drug-likeness (QED) is 0.860. The average Bonchev–Trinajstić information content (AvgIpc) is 2.28. The number of amides is 1. The molecule has 1 amide bonds. The van der Waals surface area contributed by atoms with Gasteiger partial charge in [-0.2, -0.15) is 0 Å². The van der Waals surface area contributed by atoms with Crippen molar-refractivity contribution < 1.29 is 4.79 Å². The van der Waals surface area contributed by atoms with Crippen LogP contribution < -0.4 is 10.6 Å². The van der Waals surface area contributed by atoms with Crippen LogP contribution in [0.1, 0.15) is 25.0 Å². The molecule has 0 aliphatic carbocycles. The normalized spacial score (nSPS) is 10.7. The first-order chi connectivity index (χ1) is 7.95. The highest BCUT2D eigenvalue weighted by molar-refractivity contribution is 5.85. The third kappa shape index (κ3) is 5.07. The topological polar surface area (TPSA) is 41.1 Å². The molecule has 102 valence electrons. The van der Waals surface area contributed by atoms with Gasteiger partial charge in [-0.05, 0) is 19.5 Å². The zero-order valence-corrected chi connectivity index (χ0v) is 12.4. The van der Waals surface area contributed by atoms with Crippen molar-refractivity contribution in [2.45, 2.75) is 26.2 Å². The molecule has 18 heavy (non-hydrogen) atoms. The summed E-state index contributed by atoms with van der Waals surface area (Å²) in [6, 6.07) is 8.46. The van der Waals surface area contributed by atoms with Gasteiger partial charge in [0.05, 0.1) is 6.54 Å². The Bertz CT molecular complexity index is 374. The van der Waals surface area contributed by atoms with E-state index in [0.29, 0.717) is 13.1 Å². The Balaban J connectivity index is 0.00000289. The van der Waals surface area contributed by atoms with Crippen LogP contribution >= 0.6 is 12.4 Å². The van der Waals surface area contributed by atoms with Gasteiger partial charge in [-0.15, -0.1) is 12.4 Å². The first kappa shape index (κ1) is 16.9. The van der Waals surface area contributed by atoms with Crippen LogP contribution in [0.4, 0.5) is 0 Å². The third-order valence-corrected chi connectivity index (χ3v) is 2.90. The molecular weight excluding hydrogens is 248 g/mol. The molecule has 0 unspecified atom stereocenters. The number of likely N-dealkylation sites (N-methyl/N-ethyl adjacent to an activating group) is 1. The molecular formula is C14H23ClN2O. The molecule has 0 radical (unpaired) electrons. The second-order valence-corrected chi connectivity index (χ2v) is 5.06. The molecule has 1 aromatic rings. The zero-order chi connectivity index (χ0) is 12.9. The highest BCUT2D eigenvalue weighted by Crippen LogP contribution is 2.22. The SMILES string of the molecule is CNCC(=O)NCC(C)(C)c1ccc(C)cc1.Cl. The third-order valence-electron chi connectivity index (χ3n) is 2.90. The monoisotopic (exact) mass is 270 g/mol. The number of hydrogen-bond acceptors (Lipinski definition) is 2. The van der Waals surface area contributed by atoms with Crippen molar-refractivity contribution in [3.8, 4) is 0 Å². The van der Waals surface area contributed by atoms with E-state index in [1.807, 2.05) is 0 Å². The van der Waals surface area contributed by atoms with E-state index in [9.17, 15) is 4.79 Å². The number of rotatable bonds is 5. The van der Waals surface area contributed by atoms with Crippen LogP contribution in [0.2, 0.25) is 0 Å². The fourth-order valence-corrected chi connectivity index (χ4v) is 1.65. The van der Waals surface area contributed by atoms with E-state index < -0.39 is 0 Å². The number of benzene rings is 1. The highest BCUT2D eigenvalue weighted by atomic mass is 35.5. The lowest BCUT2D eigenvalue weighted by molar-refractivity contribution is -0.120.